The smallest absolute Gasteiger partial charge is 0.261 e. The monoisotopic (exact) mass is 266 g/mol. The van der Waals surface area contributed by atoms with Crippen LogP contribution in [0, 0.1) is 17.1 Å². The summed E-state index contributed by atoms with van der Waals surface area (Å²) < 4.78 is 51.8. The van der Waals surface area contributed by atoms with Crippen LogP contribution in [0.1, 0.15) is 11.1 Å². The van der Waals surface area contributed by atoms with Gasteiger partial charge in [-0.05, 0) is 23.8 Å². The van der Waals surface area contributed by atoms with Crippen LogP contribution in [0.4, 0.5) is 17.6 Å². The van der Waals surface area contributed by atoms with Gasteiger partial charge in [0.25, 0.3) is 0 Å². The molecule has 2 rings (SSSR count). The van der Waals surface area contributed by atoms with E-state index in [-0.39, 0.29) is 16.7 Å². The Morgan fingerprint density at radius 2 is 1.84 bits per heavy atom. The summed E-state index contributed by atoms with van der Waals surface area (Å²) in [6.07, 6.45) is -2.59. The number of benzene rings is 1. The maximum absolute atomic E-state index is 13.0. The number of alkyl halides is 3. The SMILES string of the molecule is N#Cc1ccc(-c2cncc(F)c2)c(C(F)(F)F)c1. The topological polar surface area (TPSA) is 36.7 Å². The molecule has 0 amide bonds. The summed E-state index contributed by atoms with van der Waals surface area (Å²) in [4.78, 5) is 3.52. The third kappa shape index (κ3) is 2.71. The quantitative estimate of drug-likeness (QED) is 0.736. The molecule has 0 N–H and O–H groups in total. The Morgan fingerprint density at radius 3 is 2.42 bits per heavy atom. The third-order valence-electron chi connectivity index (χ3n) is 2.47. The van der Waals surface area contributed by atoms with E-state index in [0.29, 0.717) is 0 Å². The van der Waals surface area contributed by atoms with Crippen LogP contribution in [0.15, 0.2) is 36.7 Å². The van der Waals surface area contributed by atoms with Gasteiger partial charge in [0.05, 0.1) is 23.4 Å². The Hall–Kier alpha value is -2.42. The fraction of sp³-hybridized carbons (Fsp3) is 0.0769. The normalized spacial score (nSPS) is 11.1. The van der Waals surface area contributed by atoms with Crippen molar-refractivity contribution in [1.29, 1.82) is 5.26 Å². The van der Waals surface area contributed by atoms with Crippen LogP contribution in [0.5, 0.6) is 0 Å². The van der Waals surface area contributed by atoms with Crippen molar-refractivity contribution in [2.45, 2.75) is 6.18 Å². The van der Waals surface area contributed by atoms with Crippen molar-refractivity contribution in [3.05, 3.63) is 53.6 Å². The first-order valence-electron chi connectivity index (χ1n) is 5.14. The molecular weight excluding hydrogens is 260 g/mol. The van der Waals surface area contributed by atoms with E-state index in [1.807, 2.05) is 0 Å². The molecule has 1 aromatic heterocycles. The molecule has 0 saturated carbocycles. The average molecular weight is 266 g/mol. The zero-order valence-corrected chi connectivity index (χ0v) is 9.37. The number of rotatable bonds is 1. The number of hydrogen-bond acceptors (Lipinski definition) is 2. The van der Waals surface area contributed by atoms with E-state index in [1.54, 1.807) is 6.07 Å². The lowest BCUT2D eigenvalue weighted by molar-refractivity contribution is -0.137. The van der Waals surface area contributed by atoms with Gasteiger partial charge in [-0.25, -0.2) is 4.39 Å². The van der Waals surface area contributed by atoms with E-state index in [9.17, 15) is 17.6 Å². The summed E-state index contributed by atoms with van der Waals surface area (Å²) in [5, 5.41) is 8.64. The van der Waals surface area contributed by atoms with Gasteiger partial charge in [-0.1, -0.05) is 6.07 Å². The van der Waals surface area contributed by atoms with Crippen molar-refractivity contribution in [2.24, 2.45) is 0 Å². The molecule has 0 aliphatic rings. The van der Waals surface area contributed by atoms with Crippen LogP contribution in [-0.2, 0) is 6.18 Å². The fourth-order valence-corrected chi connectivity index (χ4v) is 1.66. The van der Waals surface area contributed by atoms with E-state index < -0.39 is 17.6 Å². The highest BCUT2D eigenvalue weighted by molar-refractivity contribution is 5.68. The van der Waals surface area contributed by atoms with E-state index in [0.717, 1.165) is 30.6 Å². The van der Waals surface area contributed by atoms with Gasteiger partial charge in [0.1, 0.15) is 5.82 Å². The third-order valence-corrected chi connectivity index (χ3v) is 2.47. The highest BCUT2D eigenvalue weighted by atomic mass is 19.4. The molecule has 0 saturated heterocycles. The van der Waals surface area contributed by atoms with Crippen molar-refractivity contribution in [3.8, 4) is 17.2 Å². The van der Waals surface area contributed by atoms with Crippen LogP contribution in [0.3, 0.4) is 0 Å². The number of halogens is 4. The maximum Gasteiger partial charge on any atom is 0.417 e. The second-order valence-corrected chi connectivity index (χ2v) is 3.76. The van der Waals surface area contributed by atoms with Gasteiger partial charge in [-0.2, -0.15) is 18.4 Å². The first-order chi connectivity index (χ1) is 8.91. The number of nitriles is 1. The molecule has 0 aliphatic carbocycles. The molecule has 96 valence electrons. The largest absolute Gasteiger partial charge is 0.417 e. The minimum atomic E-state index is -4.63. The number of aromatic nitrogens is 1. The second-order valence-electron chi connectivity index (χ2n) is 3.76. The van der Waals surface area contributed by atoms with Crippen molar-refractivity contribution < 1.29 is 17.6 Å². The number of hydrogen-bond donors (Lipinski definition) is 0. The second kappa shape index (κ2) is 4.69. The Morgan fingerprint density at radius 1 is 1.11 bits per heavy atom. The Labute approximate surface area is 105 Å². The molecule has 6 heteroatoms. The first-order valence-corrected chi connectivity index (χ1v) is 5.14. The first kappa shape index (κ1) is 13.0. The molecule has 0 aliphatic heterocycles. The molecule has 2 aromatic rings. The maximum atomic E-state index is 13.0. The molecule has 1 aromatic carbocycles. The predicted molar refractivity (Wildman–Crippen MR) is 59.3 cm³/mol. The summed E-state index contributed by atoms with van der Waals surface area (Å²) in [6.45, 7) is 0. The van der Waals surface area contributed by atoms with E-state index >= 15 is 0 Å². The van der Waals surface area contributed by atoms with Gasteiger partial charge >= 0.3 is 6.18 Å². The van der Waals surface area contributed by atoms with Crippen molar-refractivity contribution in [1.82, 2.24) is 4.98 Å². The van der Waals surface area contributed by atoms with Gasteiger partial charge in [-0.15, -0.1) is 0 Å². The lowest BCUT2D eigenvalue weighted by atomic mass is 9.98. The van der Waals surface area contributed by atoms with Crippen LogP contribution in [0.25, 0.3) is 11.1 Å². The summed E-state index contributed by atoms with van der Waals surface area (Å²) in [7, 11) is 0. The Balaban J connectivity index is 2.67. The predicted octanol–water partition coefficient (Wildman–Crippen LogP) is 3.78. The molecule has 0 bridgehead atoms. The minimum absolute atomic E-state index is 0.0109. The summed E-state index contributed by atoms with van der Waals surface area (Å²) in [6, 6.07) is 5.72. The van der Waals surface area contributed by atoms with E-state index in [1.165, 1.54) is 6.07 Å². The molecule has 0 atom stereocenters. The number of nitrogens with zero attached hydrogens (tertiary/aromatic N) is 2. The van der Waals surface area contributed by atoms with E-state index in [4.69, 9.17) is 5.26 Å². The highest BCUT2D eigenvalue weighted by Gasteiger charge is 2.34. The van der Waals surface area contributed by atoms with Gasteiger partial charge in [0.2, 0.25) is 0 Å². The van der Waals surface area contributed by atoms with Crippen molar-refractivity contribution >= 4 is 0 Å². The molecule has 2 nitrogen and oxygen atoms in total. The lowest BCUT2D eigenvalue weighted by Crippen LogP contribution is -2.07. The summed E-state index contributed by atoms with van der Waals surface area (Å²) in [5.41, 5.74) is -1.30. The zero-order valence-electron chi connectivity index (χ0n) is 9.37. The van der Waals surface area contributed by atoms with Crippen LogP contribution in [-0.4, -0.2) is 4.98 Å². The van der Waals surface area contributed by atoms with Gasteiger partial charge in [-0.3, -0.25) is 4.98 Å². The highest BCUT2D eigenvalue weighted by Crippen LogP contribution is 2.37. The van der Waals surface area contributed by atoms with Gasteiger partial charge in [0.15, 0.2) is 0 Å². The Bertz CT molecular complexity index is 656. The van der Waals surface area contributed by atoms with Gasteiger partial charge < -0.3 is 0 Å². The van der Waals surface area contributed by atoms with Crippen LogP contribution in [0.2, 0.25) is 0 Å². The molecule has 0 fully saturated rings. The van der Waals surface area contributed by atoms with Gasteiger partial charge in [0, 0.05) is 11.8 Å². The van der Waals surface area contributed by atoms with Crippen LogP contribution >= 0.6 is 0 Å². The molecule has 19 heavy (non-hydrogen) atoms. The molecule has 1 heterocycles. The fourth-order valence-electron chi connectivity index (χ4n) is 1.66. The standard InChI is InChI=1S/C13H6F4N2/c14-10-4-9(6-19-7-10)11-2-1-8(5-18)3-12(11)13(15,16)17/h1-4,6-7H. The molecule has 0 spiro atoms. The molecule has 0 unspecified atom stereocenters. The summed E-state index contributed by atoms with van der Waals surface area (Å²) >= 11 is 0. The van der Waals surface area contributed by atoms with E-state index in [2.05, 4.69) is 4.98 Å². The summed E-state index contributed by atoms with van der Waals surface area (Å²) in [5.74, 6) is -0.727. The van der Waals surface area contributed by atoms with Crippen LogP contribution < -0.4 is 0 Å². The lowest BCUT2D eigenvalue weighted by Gasteiger charge is -2.13. The zero-order chi connectivity index (χ0) is 14.0. The van der Waals surface area contributed by atoms with Crippen molar-refractivity contribution in [2.75, 3.05) is 0 Å². The van der Waals surface area contributed by atoms with Crippen molar-refractivity contribution in [3.63, 3.8) is 0 Å². The number of pyridine rings is 1. The minimum Gasteiger partial charge on any atom is -0.261 e. The average Bonchev–Trinajstić information content (AvgIpc) is 2.37. The molecule has 0 radical (unpaired) electrons. The Kier molecular flexibility index (Phi) is 3.21. The molecular formula is C13H6F4N2.